The van der Waals surface area contributed by atoms with E-state index in [-0.39, 0.29) is 17.1 Å². The van der Waals surface area contributed by atoms with Crippen LogP contribution < -0.4 is 15.2 Å². The quantitative estimate of drug-likeness (QED) is 0.620. The molecule has 1 atom stereocenters. The number of nitrogens with zero attached hydrogens (tertiary/aromatic N) is 3. The van der Waals surface area contributed by atoms with Crippen molar-refractivity contribution in [3.8, 4) is 23.3 Å². The SMILES string of the molecule is CCOc1nc(-c2cc(NS(C)=O)n[nH]2)cc(N)c1C#N.c1ccccc1. The van der Waals surface area contributed by atoms with E-state index in [1.807, 2.05) is 42.5 Å². The smallest absolute Gasteiger partial charge is 0.234 e. The number of nitrogens with one attached hydrogen (secondary N) is 2. The van der Waals surface area contributed by atoms with E-state index in [0.29, 0.717) is 23.8 Å². The van der Waals surface area contributed by atoms with E-state index in [0.717, 1.165) is 0 Å². The molecule has 0 saturated heterocycles. The fraction of sp³-hybridized carbons (Fsp3) is 0.167. The van der Waals surface area contributed by atoms with Gasteiger partial charge in [-0.25, -0.2) is 9.19 Å². The molecule has 140 valence electrons. The topological polar surface area (TPSA) is 130 Å². The second-order valence-corrected chi connectivity index (χ2v) is 6.31. The number of H-pyrrole nitrogens is 1. The van der Waals surface area contributed by atoms with Gasteiger partial charge < -0.3 is 10.5 Å². The van der Waals surface area contributed by atoms with Gasteiger partial charge in [-0.1, -0.05) is 36.4 Å². The summed E-state index contributed by atoms with van der Waals surface area (Å²) in [5, 5.41) is 15.8. The lowest BCUT2D eigenvalue weighted by Crippen LogP contribution is -2.02. The van der Waals surface area contributed by atoms with Crippen LogP contribution in [0.1, 0.15) is 12.5 Å². The van der Waals surface area contributed by atoms with Gasteiger partial charge in [-0.2, -0.15) is 10.4 Å². The molecule has 0 aliphatic heterocycles. The van der Waals surface area contributed by atoms with Crippen LogP contribution in [0, 0.1) is 11.3 Å². The predicted octanol–water partition coefficient (Wildman–Crippen LogP) is 2.72. The number of nitrogen functional groups attached to an aromatic ring is 1. The van der Waals surface area contributed by atoms with Crippen molar-refractivity contribution in [1.29, 1.82) is 5.26 Å². The average Bonchev–Trinajstić information content (AvgIpc) is 3.11. The van der Waals surface area contributed by atoms with Crippen LogP contribution in [0.2, 0.25) is 0 Å². The van der Waals surface area contributed by atoms with Gasteiger partial charge in [0.25, 0.3) is 0 Å². The van der Waals surface area contributed by atoms with Crippen molar-refractivity contribution in [2.24, 2.45) is 0 Å². The van der Waals surface area contributed by atoms with Crippen LogP contribution in [0.4, 0.5) is 11.5 Å². The van der Waals surface area contributed by atoms with Crippen molar-refractivity contribution in [3.05, 3.63) is 54.1 Å². The van der Waals surface area contributed by atoms with Crippen molar-refractivity contribution >= 4 is 22.5 Å². The number of anilines is 2. The molecular weight excluding hydrogens is 364 g/mol. The van der Waals surface area contributed by atoms with Crippen LogP contribution in [-0.4, -0.2) is 32.3 Å². The van der Waals surface area contributed by atoms with E-state index in [4.69, 9.17) is 15.7 Å². The lowest BCUT2D eigenvalue weighted by atomic mass is 10.2. The largest absolute Gasteiger partial charge is 0.477 e. The van der Waals surface area contributed by atoms with Gasteiger partial charge in [0.2, 0.25) is 5.88 Å². The second-order valence-electron chi connectivity index (χ2n) is 5.20. The van der Waals surface area contributed by atoms with Crippen molar-refractivity contribution in [2.75, 3.05) is 23.3 Å². The third kappa shape index (κ3) is 5.83. The number of ether oxygens (including phenoxy) is 1. The van der Waals surface area contributed by atoms with E-state index in [9.17, 15) is 4.21 Å². The summed E-state index contributed by atoms with van der Waals surface area (Å²) in [4.78, 5) is 4.26. The number of nitrogens with two attached hydrogens (primary N) is 1. The number of hydrogen-bond acceptors (Lipinski definition) is 6. The Balaban J connectivity index is 0.000000369. The molecule has 1 aromatic carbocycles. The maximum Gasteiger partial charge on any atom is 0.234 e. The third-order valence-electron chi connectivity index (χ3n) is 3.18. The molecule has 0 spiro atoms. The first-order valence-electron chi connectivity index (χ1n) is 8.04. The standard InChI is InChI=1S/C12H14N6O2S.C6H6/c1-3-20-12-7(6-13)8(14)4-9(15-12)10-5-11(17-16-10)18-21(2)19;1-2-4-6-5-3-1/h4-5H,3H2,1-2H3,(H2,14,15)(H2,16,17,18);1-6H. The Morgan fingerprint density at radius 2 is 1.89 bits per heavy atom. The fourth-order valence-electron chi connectivity index (χ4n) is 2.07. The van der Waals surface area contributed by atoms with Gasteiger partial charge in [0, 0.05) is 12.3 Å². The number of aromatic amines is 1. The molecule has 3 rings (SSSR count). The van der Waals surface area contributed by atoms with Crippen LogP contribution in [0.25, 0.3) is 11.4 Å². The highest BCUT2D eigenvalue weighted by atomic mass is 32.2. The van der Waals surface area contributed by atoms with E-state index in [2.05, 4.69) is 19.9 Å². The number of aromatic nitrogens is 3. The van der Waals surface area contributed by atoms with E-state index < -0.39 is 11.0 Å². The summed E-state index contributed by atoms with van der Waals surface area (Å²) in [5.41, 5.74) is 7.37. The van der Waals surface area contributed by atoms with E-state index in [1.54, 1.807) is 19.1 Å². The molecule has 8 nitrogen and oxygen atoms in total. The zero-order valence-corrected chi connectivity index (χ0v) is 15.8. The maximum absolute atomic E-state index is 11.1. The van der Waals surface area contributed by atoms with Crippen LogP contribution in [0.15, 0.2) is 48.5 Å². The first kappa shape index (κ1) is 19.9. The zero-order chi connectivity index (χ0) is 19.6. The Labute approximate surface area is 160 Å². The van der Waals surface area contributed by atoms with Crippen molar-refractivity contribution in [3.63, 3.8) is 0 Å². The summed E-state index contributed by atoms with van der Waals surface area (Å²) in [5.74, 6) is 0.603. The van der Waals surface area contributed by atoms with Crippen LogP contribution in [-0.2, 0) is 11.0 Å². The minimum Gasteiger partial charge on any atom is -0.477 e. The molecule has 0 radical (unpaired) electrons. The van der Waals surface area contributed by atoms with Crippen molar-refractivity contribution < 1.29 is 8.95 Å². The first-order valence-corrected chi connectivity index (χ1v) is 9.60. The van der Waals surface area contributed by atoms with Crippen LogP contribution >= 0.6 is 0 Å². The molecular formula is C18H20N6O2S. The molecule has 0 saturated carbocycles. The van der Waals surface area contributed by atoms with E-state index >= 15 is 0 Å². The third-order valence-corrected chi connectivity index (χ3v) is 3.67. The molecule has 1 unspecified atom stereocenters. The Morgan fingerprint density at radius 3 is 2.41 bits per heavy atom. The summed E-state index contributed by atoms with van der Waals surface area (Å²) in [6.07, 6.45) is 1.50. The maximum atomic E-state index is 11.1. The van der Waals surface area contributed by atoms with Gasteiger partial charge in [0.05, 0.1) is 23.7 Å². The van der Waals surface area contributed by atoms with Gasteiger partial charge in [-0.05, 0) is 13.0 Å². The molecule has 0 fully saturated rings. The minimum absolute atomic E-state index is 0.179. The number of hydrogen-bond donors (Lipinski definition) is 3. The molecule has 0 aliphatic rings. The summed E-state index contributed by atoms with van der Waals surface area (Å²) in [6, 6.07) is 17.2. The fourth-order valence-corrected chi connectivity index (χ4v) is 2.47. The van der Waals surface area contributed by atoms with Gasteiger partial charge >= 0.3 is 0 Å². The number of rotatable bonds is 5. The van der Waals surface area contributed by atoms with Gasteiger partial charge in [0.15, 0.2) is 5.82 Å². The number of benzene rings is 1. The lowest BCUT2D eigenvalue weighted by molar-refractivity contribution is 0.326. The highest BCUT2D eigenvalue weighted by Crippen LogP contribution is 2.28. The highest BCUT2D eigenvalue weighted by Gasteiger charge is 2.14. The molecule has 0 bridgehead atoms. The Morgan fingerprint density at radius 1 is 1.26 bits per heavy atom. The highest BCUT2D eigenvalue weighted by molar-refractivity contribution is 7.85. The lowest BCUT2D eigenvalue weighted by Gasteiger charge is -2.08. The molecule has 9 heteroatoms. The number of nitriles is 1. The van der Waals surface area contributed by atoms with E-state index in [1.165, 1.54) is 6.26 Å². The van der Waals surface area contributed by atoms with Crippen LogP contribution in [0.5, 0.6) is 5.88 Å². The molecule has 2 aromatic heterocycles. The van der Waals surface area contributed by atoms with Crippen molar-refractivity contribution in [2.45, 2.75) is 6.92 Å². The second kappa shape index (κ2) is 9.94. The Bertz CT molecular complexity index is 910. The molecule has 0 aliphatic carbocycles. The zero-order valence-electron chi connectivity index (χ0n) is 15.0. The van der Waals surface area contributed by atoms with Crippen molar-refractivity contribution in [1.82, 2.24) is 15.2 Å². The van der Waals surface area contributed by atoms with Gasteiger partial charge in [-0.3, -0.25) is 9.82 Å². The summed E-state index contributed by atoms with van der Waals surface area (Å²) in [7, 11) is -1.22. The molecule has 2 heterocycles. The molecule has 27 heavy (non-hydrogen) atoms. The predicted molar refractivity (Wildman–Crippen MR) is 106 cm³/mol. The van der Waals surface area contributed by atoms with Gasteiger partial charge in [-0.15, -0.1) is 0 Å². The summed E-state index contributed by atoms with van der Waals surface area (Å²) < 4.78 is 19.1. The molecule has 0 amide bonds. The van der Waals surface area contributed by atoms with Crippen LogP contribution in [0.3, 0.4) is 0 Å². The normalized spacial score (nSPS) is 10.9. The monoisotopic (exact) mass is 384 g/mol. The van der Waals surface area contributed by atoms with Gasteiger partial charge in [0.1, 0.15) is 22.6 Å². The molecule has 3 aromatic rings. The Kier molecular flexibility index (Phi) is 7.34. The summed E-state index contributed by atoms with van der Waals surface area (Å²) >= 11 is 0. The number of pyridine rings is 1. The average molecular weight is 384 g/mol. The molecule has 4 N–H and O–H groups in total. The Hall–Kier alpha value is -3.38. The minimum atomic E-state index is -1.22. The summed E-state index contributed by atoms with van der Waals surface area (Å²) in [6.45, 7) is 2.16. The first-order chi connectivity index (χ1) is 13.0.